The summed E-state index contributed by atoms with van der Waals surface area (Å²) < 4.78 is 41.5. The van der Waals surface area contributed by atoms with Crippen molar-refractivity contribution >= 4 is 105 Å². The third kappa shape index (κ3) is 35.0. The minimum absolute atomic E-state index is 0.00582. The predicted molar refractivity (Wildman–Crippen MR) is 585 cm³/mol. The maximum Gasteiger partial charge on any atom is 0.224 e. The van der Waals surface area contributed by atoms with Crippen molar-refractivity contribution in [2.24, 2.45) is 0 Å². The van der Waals surface area contributed by atoms with Crippen LogP contribution < -0.4 is 65.1 Å². The van der Waals surface area contributed by atoms with E-state index >= 15 is 0 Å². The average molecular weight is 2080 g/mol. The van der Waals surface area contributed by atoms with Crippen LogP contribution in [-0.2, 0) is 120 Å². The maximum atomic E-state index is 11.9. The molecule has 144 heavy (non-hydrogen) atoms. The number of aliphatic hydroxyl groups excluding tert-OH is 1. The van der Waals surface area contributed by atoms with E-state index < -0.39 is 0 Å². The van der Waals surface area contributed by atoms with Crippen molar-refractivity contribution in [2.45, 2.75) is 221 Å². The van der Waals surface area contributed by atoms with E-state index in [4.69, 9.17) is 103 Å². The molecule has 0 radical (unpaired) electrons. The quantitative estimate of drug-likeness (QED) is 0.0195. The number of hydrogen-bond donors (Lipinski definition) is 7. The number of likely N-dealkylation sites (N-methyl/N-ethyl adjacent to an activating group) is 6. The first kappa shape index (κ1) is 117. The third-order valence-electron chi connectivity index (χ3n) is 25.5. The summed E-state index contributed by atoms with van der Waals surface area (Å²) in [5.74, 6) is 5.09. The molecule has 12 aromatic rings. The lowest BCUT2D eigenvalue weighted by molar-refractivity contribution is -0.120. The Hall–Kier alpha value is -12.2. The highest BCUT2D eigenvalue weighted by molar-refractivity contribution is 6.34. The van der Waals surface area contributed by atoms with Gasteiger partial charge in [-0.1, -0.05) is 180 Å². The first-order valence-electron chi connectivity index (χ1n) is 48.1. The van der Waals surface area contributed by atoms with Crippen LogP contribution in [0.1, 0.15) is 194 Å². The molecule has 1 saturated carbocycles. The summed E-state index contributed by atoms with van der Waals surface area (Å²) in [6.07, 6.45) is 5.23. The number of aryl methyl sites for hydroxylation is 15. The highest BCUT2D eigenvalue weighted by Gasteiger charge is 2.29. The molecule has 0 unspecified atom stereocenters. The number of carbonyl (C=O) groups is 6. The number of rotatable bonds is 35. The van der Waals surface area contributed by atoms with E-state index in [1.54, 1.807) is 42.3 Å². The molecule has 0 saturated heterocycles. The van der Waals surface area contributed by atoms with Crippen LogP contribution in [0.3, 0.4) is 0 Å². The molecule has 766 valence electrons. The first-order chi connectivity index (χ1) is 68.7. The molecular formula is C118H138Cl6N6O14. The van der Waals surface area contributed by atoms with Gasteiger partial charge in [0, 0.05) is 47.8 Å². The molecule has 7 N–H and O–H groups in total. The van der Waals surface area contributed by atoms with Crippen molar-refractivity contribution in [3.8, 4) is 40.2 Å². The van der Waals surface area contributed by atoms with Gasteiger partial charge in [-0.2, -0.15) is 0 Å². The molecule has 6 amide bonds. The lowest BCUT2D eigenvalue weighted by Gasteiger charge is -2.17. The Bertz CT molecular complexity index is 6220. The lowest BCUT2D eigenvalue weighted by Crippen LogP contribution is -2.21. The molecule has 0 aliphatic heterocycles. The van der Waals surface area contributed by atoms with Gasteiger partial charge >= 0.3 is 0 Å². The first-order valence-corrected chi connectivity index (χ1v) is 50.4. The van der Waals surface area contributed by atoms with Crippen molar-refractivity contribution < 1.29 is 67.0 Å². The van der Waals surface area contributed by atoms with E-state index in [-0.39, 0.29) is 68.1 Å². The maximum absolute atomic E-state index is 11.9. The van der Waals surface area contributed by atoms with E-state index in [0.29, 0.717) is 129 Å². The van der Waals surface area contributed by atoms with Crippen molar-refractivity contribution in [3.63, 3.8) is 0 Å². The molecule has 12 aromatic carbocycles. The molecule has 1 fully saturated rings. The predicted octanol–water partition coefficient (Wildman–Crippen LogP) is 24.9. The van der Waals surface area contributed by atoms with Crippen molar-refractivity contribution in [2.75, 3.05) is 48.9 Å². The monoisotopic (exact) mass is 2070 g/mol. The van der Waals surface area contributed by atoms with Gasteiger partial charge in [0.2, 0.25) is 35.4 Å². The van der Waals surface area contributed by atoms with Crippen molar-refractivity contribution in [3.05, 3.63) is 373 Å². The Kier molecular flexibility index (Phi) is 47.2. The fourth-order valence-electron chi connectivity index (χ4n) is 15.5. The summed E-state index contributed by atoms with van der Waals surface area (Å²) in [7, 11) is 9.82. The summed E-state index contributed by atoms with van der Waals surface area (Å²) >= 11 is 37.7. The van der Waals surface area contributed by atoms with Gasteiger partial charge in [0.15, 0.2) is 0 Å². The summed E-state index contributed by atoms with van der Waals surface area (Å²) in [4.78, 5) is 70.5. The Morgan fingerprint density at radius 1 is 0.257 bits per heavy atom. The van der Waals surface area contributed by atoms with Crippen LogP contribution in [0.2, 0.25) is 30.1 Å². The summed E-state index contributed by atoms with van der Waals surface area (Å²) in [6.45, 7) is 34.9. The van der Waals surface area contributed by atoms with Crippen LogP contribution in [0.25, 0.3) is 0 Å². The van der Waals surface area contributed by atoms with E-state index in [1.165, 1.54) is 24.0 Å². The molecule has 1 aliphatic carbocycles. The molecule has 0 heterocycles. The van der Waals surface area contributed by atoms with Crippen LogP contribution in [0.4, 0.5) is 0 Å². The van der Waals surface area contributed by atoms with Gasteiger partial charge in [-0.05, 0) is 364 Å². The number of hydrogen-bond acceptors (Lipinski definition) is 14. The molecule has 0 bridgehead atoms. The number of carbonyl (C=O) groups excluding carboxylic acids is 6. The standard InChI is InChI=1S/C21H24ClNO2.C20H24ClNO3.C20H24ClNO2.C19H22ClNO3.2C19H22ClNO2/c1-13-9-19(22)20(10-14(13)2)25-12-18-16(11-21(24)23-3)5-4-6-17(18)15-7-8-15;1-5-24-18-8-6-7-15(11-20(23)22-4)16(18)12-25-19-10-14(3)13(2)9-17(19)21;1-5-15-7-6-8-16(11-20(23)22-4)17(15)12-24-19-10-14(3)13(2)9-18(19)21;1-12-7-17(20)18(8-13(12)2)24-11-16-14(9-19(23)21-3)5-4-6-15(16)10-22;2*1-12-6-5-7-15(10-19(22)21-4)16(12)11-23-18-9-14(3)13(2)8-17(18)20/h4-6,9-10,15H,7-8,11-12H2,1-3H3,(H,23,24);6-10H,5,11-12H2,1-4H3,(H,22,23);6-10H,5,11-12H2,1-4H3,(H,22,23);4-8,22H,9-11H2,1-3H3,(H,21,23);2*5-9H,10-11H2,1-4H3,(H,21,22). The summed E-state index contributed by atoms with van der Waals surface area (Å²) in [5.41, 5.74) is 30.6. The summed E-state index contributed by atoms with van der Waals surface area (Å²) in [6, 6.07) is 58.5. The number of nitrogens with one attached hydrogen (secondary N) is 6. The Balaban J connectivity index is 0.000000211. The fraction of sp³-hybridized carbons (Fsp3) is 0.339. The van der Waals surface area contributed by atoms with Crippen LogP contribution in [-0.4, -0.2) is 89.4 Å². The molecule has 0 atom stereocenters. The van der Waals surface area contributed by atoms with Crippen LogP contribution in [0, 0.1) is 96.9 Å². The normalized spacial score (nSPS) is 11.0. The zero-order valence-electron chi connectivity index (χ0n) is 86.9. The van der Waals surface area contributed by atoms with Crippen molar-refractivity contribution in [1.29, 1.82) is 0 Å². The zero-order valence-corrected chi connectivity index (χ0v) is 91.5. The fourth-order valence-corrected chi connectivity index (χ4v) is 17.1. The number of aliphatic hydroxyl groups is 1. The second-order valence-electron chi connectivity index (χ2n) is 35.7. The molecule has 0 aromatic heterocycles. The van der Waals surface area contributed by atoms with Gasteiger partial charge in [-0.3, -0.25) is 28.8 Å². The van der Waals surface area contributed by atoms with Crippen LogP contribution >= 0.6 is 69.6 Å². The Morgan fingerprint density at radius 3 is 0.743 bits per heavy atom. The van der Waals surface area contributed by atoms with Gasteiger partial charge in [-0.15, -0.1) is 0 Å². The van der Waals surface area contributed by atoms with Crippen LogP contribution in [0.15, 0.2) is 182 Å². The third-order valence-corrected chi connectivity index (χ3v) is 27.2. The minimum atomic E-state index is -0.110. The van der Waals surface area contributed by atoms with Gasteiger partial charge in [0.05, 0.1) is 81.9 Å². The molecule has 26 heteroatoms. The Morgan fingerprint density at radius 2 is 0.472 bits per heavy atom. The van der Waals surface area contributed by atoms with Gasteiger partial charge in [-0.25, -0.2) is 0 Å². The average Bonchev–Trinajstić information content (AvgIpc) is 1.64. The number of ether oxygens (including phenoxy) is 7. The van der Waals surface area contributed by atoms with Gasteiger partial charge in [0.25, 0.3) is 0 Å². The summed E-state index contributed by atoms with van der Waals surface area (Å²) in [5, 5.41) is 29.1. The Labute approximate surface area is 881 Å². The van der Waals surface area contributed by atoms with E-state index in [9.17, 15) is 33.9 Å². The SMILES string of the molecule is CCOc1cccc(CC(=O)NC)c1COc1cc(C)c(C)cc1Cl.CCc1cccc(CC(=O)NC)c1COc1cc(C)c(C)cc1Cl.CNC(=O)Cc1cccc(C)c1COc1cc(C)c(C)cc1Cl.CNC(=O)Cc1cccc(C)c1COc1cc(C)c(C)cc1Cl.CNC(=O)Cc1cccc(C2CC2)c1COc1cc(C)c(C)cc1Cl.CNC(=O)Cc1cccc(CO)c1COc1cc(C)c(C)cc1Cl. The van der Waals surface area contributed by atoms with Crippen LogP contribution in [0.5, 0.6) is 40.2 Å². The molecule has 13 rings (SSSR count). The number of benzene rings is 12. The number of amides is 6. The van der Waals surface area contributed by atoms with E-state index in [1.807, 2.05) is 274 Å². The number of halogens is 6. The highest BCUT2D eigenvalue weighted by Crippen LogP contribution is 2.44. The zero-order chi connectivity index (χ0) is 106. The topological polar surface area (TPSA) is 259 Å². The highest BCUT2D eigenvalue weighted by atomic mass is 35.5. The molecule has 0 spiro atoms. The molecule has 20 nitrogen and oxygen atoms in total. The van der Waals surface area contributed by atoms with Gasteiger partial charge in [0.1, 0.15) is 79.9 Å². The smallest absolute Gasteiger partial charge is 0.224 e. The molecule has 1 aliphatic rings. The van der Waals surface area contributed by atoms with E-state index in [0.717, 1.165) is 162 Å². The van der Waals surface area contributed by atoms with Crippen molar-refractivity contribution in [1.82, 2.24) is 31.9 Å². The second kappa shape index (κ2) is 58.0. The largest absolute Gasteiger partial charge is 0.493 e. The lowest BCUT2D eigenvalue weighted by atomic mass is 9.96. The van der Waals surface area contributed by atoms with Gasteiger partial charge < -0.3 is 70.2 Å². The second-order valence-corrected chi connectivity index (χ2v) is 38.1. The van der Waals surface area contributed by atoms with E-state index in [2.05, 4.69) is 51.0 Å². The molecular weight excluding hydrogens is 1940 g/mol. The minimum Gasteiger partial charge on any atom is -0.493 e.